The Bertz CT molecular complexity index is 541. The maximum absolute atomic E-state index is 11.7. The second-order valence-corrected chi connectivity index (χ2v) is 7.51. The summed E-state index contributed by atoms with van der Waals surface area (Å²) in [4.78, 5) is 13.1. The molecule has 4 N–H and O–H groups in total. The first-order valence-electron chi connectivity index (χ1n) is 8.18. The molecule has 1 amide bonds. The molecule has 1 unspecified atom stereocenters. The number of aliphatic hydroxyl groups is 1. The van der Waals surface area contributed by atoms with Crippen LogP contribution in [0.2, 0.25) is 0 Å². The molecule has 0 radical (unpaired) electrons. The summed E-state index contributed by atoms with van der Waals surface area (Å²) < 4.78 is 0. The fraction of sp³-hybridized carbons (Fsp3) is 0.611. The Hall–Kier alpha value is -1.59. The molecule has 5 nitrogen and oxygen atoms in total. The summed E-state index contributed by atoms with van der Waals surface area (Å²) in [6.45, 7) is 6.38. The molecule has 128 valence electrons. The number of nitrogens with two attached hydrogens (primary N) is 1. The zero-order chi connectivity index (χ0) is 17.3. The van der Waals surface area contributed by atoms with E-state index in [1.807, 2.05) is 51.1 Å². The van der Waals surface area contributed by atoms with E-state index < -0.39 is 29.2 Å². The van der Waals surface area contributed by atoms with Crippen LogP contribution in [-0.4, -0.2) is 45.4 Å². The lowest BCUT2D eigenvalue weighted by Gasteiger charge is -2.51. The highest BCUT2D eigenvalue weighted by molar-refractivity contribution is 5.67. The van der Waals surface area contributed by atoms with Crippen molar-refractivity contribution < 1.29 is 15.0 Å². The highest BCUT2D eigenvalue weighted by Gasteiger charge is 2.57. The van der Waals surface area contributed by atoms with Gasteiger partial charge in [-0.15, -0.1) is 0 Å². The van der Waals surface area contributed by atoms with Gasteiger partial charge in [-0.3, -0.25) is 4.90 Å². The summed E-state index contributed by atoms with van der Waals surface area (Å²) in [6, 6.07) is 9.24. The third kappa shape index (κ3) is 3.21. The van der Waals surface area contributed by atoms with Gasteiger partial charge in [-0.05, 0) is 30.2 Å². The molecule has 5 heteroatoms. The Kier molecular flexibility index (Phi) is 5.01. The fourth-order valence-corrected chi connectivity index (χ4v) is 3.99. The van der Waals surface area contributed by atoms with Crippen LogP contribution < -0.4 is 5.73 Å². The van der Waals surface area contributed by atoms with Crippen molar-refractivity contribution >= 4 is 6.09 Å². The lowest BCUT2D eigenvalue weighted by Crippen LogP contribution is -2.66. The maximum Gasteiger partial charge on any atom is 0.407 e. The first-order valence-corrected chi connectivity index (χ1v) is 8.18. The fourth-order valence-electron chi connectivity index (χ4n) is 3.99. The van der Waals surface area contributed by atoms with E-state index in [0.717, 1.165) is 12.0 Å². The molecule has 1 heterocycles. The minimum absolute atomic E-state index is 0.407. The number of amides is 1. The van der Waals surface area contributed by atoms with Crippen molar-refractivity contribution in [3.8, 4) is 0 Å². The molecule has 1 aliphatic rings. The molecule has 1 aromatic rings. The molecule has 0 bridgehead atoms. The predicted molar refractivity (Wildman–Crippen MR) is 90.3 cm³/mol. The van der Waals surface area contributed by atoms with Gasteiger partial charge < -0.3 is 15.9 Å². The van der Waals surface area contributed by atoms with Gasteiger partial charge >= 0.3 is 6.09 Å². The van der Waals surface area contributed by atoms with Crippen LogP contribution in [0.25, 0.3) is 0 Å². The number of benzene rings is 1. The standard InChI is InChI=1S/C18H28N2O3/c1-17(2,3)18(10-7-11-20(18)16(22)23)15(21)14(19)12-13-8-5-4-6-9-13/h4-6,8-9,14-15,21H,7,10-12,19H2,1-3H3,(H,22,23)/t14-,15-,18?/m0/s1. The minimum atomic E-state index is -0.983. The molecular weight excluding hydrogens is 292 g/mol. The van der Waals surface area contributed by atoms with Crippen molar-refractivity contribution in [2.24, 2.45) is 11.1 Å². The summed E-state index contributed by atoms with van der Waals surface area (Å²) in [5.74, 6) is 0. The van der Waals surface area contributed by atoms with Crippen molar-refractivity contribution in [2.75, 3.05) is 6.54 Å². The van der Waals surface area contributed by atoms with Gasteiger partial charge in [-0.2, -0.15) is 0 Å². The van der Waals surface area contributed by atoms with E-state index in [2.05, 4.69) is 0 Å². The van der Waals surface area contributed by atoms with E-state index in [4.69, 9.17) is 5.73 Å². The third-order valence-corrected chi connectivity index (χ3v) is 5.16. The molecule has 1 aliphatic heterocycles. The second-order valence-electron chi connectivity index (χ2n) is 7.51. The Labute approximate surface area is 138 Å². The van der Waals surface area contributed by atoms with E-state index in [1.165, 1.54) is 4.90 Å². The van der Waals surface area contributed by atoms with Crippen molar-refractivity contribution in [3.63, 3.8) is 0 Å². The summed E-state index contributed by atoms with van der Waals surface area (Å²) in [6.07, 6.45) is 0.00280. The monoisotopic (exact) mass is 320 g/mol. The normalized spacial score (nSPS) is 24.5. The summed E-state index contributed by atoms with van der Waals surface area (Å²) in [5.41, 5.74) is 6.09. The van der Waals surface area contributed by atoms with Gasteiger partial charge in [-0.25, -0.2) is 4.79 Å². The quantitative estimate of drug-likeness (QED) is 0.795. The smallest absolute Gasteiger partial charge is 0.407 e. The number of hydrogen-bond donors (Lipinski definition) is 3. The van der Waals surface area contributed by atoms with E-state index >= 15 is 0 Å². The lowest BCUT2D eigenvalue weighted by molar-refractivity contribution is -0.0748. The Morgan fingerprint density at radius 1 is 1.35 bits per heavy atom. The topological polar surface area (TPSA) is 86.8 Å². The highest BCUT2D eigenvalue weighted by Crippen LogP contribution is 2.47. The number of nitrogens with zero attached hydrogens (tertiary/aromatic N) is 1. The largest absolute Gasteiger partial charge is 0.465 e. The average Bonchev–Trinajstić information content (AvgIpc) is 2.93. The molecule has 3 atom stereocenters. The molecule has 23 heavy (non-hydrogen) atoms. The first kappa shape index (κ1) is 17.8. The van der Waals surface area contributed by atoms with Crippen LogP contribution in [0.4, 0.5) is 4.79 Å². The number of rotatable bonds is 4. The van der Waals surface area contributed by atoms with Crippen LogP contribution >= 0.6 is 0 Å². The number of hydrogen-bond acceptors (Lipinski definition) is 3. The highest BCUT2D eigenvalue weighted by atomic mass is 16.4. The van der Waals surface area contributed by atoms with Gasteiger partial charge in [0.15, 0.2) is 0 Å². The Balaban J connectivity index is 2.30. The molecular formula is C18H28N2O3. The SMILES string of the molecule is CC(C)(C)C1([C@@H](O)[C@@H](N)Cc2ccccc2)CCCN1C(=O)O. The van der Waals surface area contributed by atoms with Crippen LogP contribution in [0.5, 0.6) is 0 Å². The van der Waals surface area contributed by atoms with Gasteiger partial charge in [0, 0.05) is 12.6 Å². The summed E-state index contributed by atoms with van der Waals surface area (Å²) in [7, 11) is 0. The number of likely N-dealkylation sites (tertiary alicyclic amines) is 1. The second kappa shape index (κ2) is 6.49. The number of carbonyl (C=O) groups is 1. The predicted octanol–water partition coefficient (Wildman–Crippen LogP) is 2.48. The van der Waals surface area contributed by atoms with Gasteiger partial charge in [0.2, 0.25) is 0 Å². The minimum Gasteiger partial charge on any atom is -0.465 e. The van der Waals surface area contributed by atoms with Crippen LogP contribution in [0.3, 0.4) is 0 Å². The van der Waals surface area contributed by atoms with Crippen molar-refractivity contribution in [1.82, 2.24) is 4.90 Å². The lowest BCUT2D eigenvalue weighted by atomic mass is 9.66. The molecule has 0 spiro atoms. The number of carboxylic acid groups (broad SMARTS) is 1. The average molecular weight is 320 g/mol. The van der Waals surface area contributed by atoms with Crippen LogP contribution in [0.15, 0.2) is 30.3 Å². The maximum atomic E-state index is 11.7. The van der Waals surface area contributed by atoms with Gasteiger partial charge in [0.1, 0.15) is 0 Å². The van der Waals surface area contributed by atoms with Crippen LogP contribution in [-0.2, 0) is 6.42 Å². The molecule has 0 aliphatic carbocycles. The molecule has 1 aromatic carbocycles. The molecule has 1 fully saturated rings. The molecule has 1 saturated heterocycles. The van der Waals surface area contributed by atoms with E-state index in [-0.39, 0.29) is 0 Å². The summed E-state index contributed by atoms with van der Waals surface area (Å²) >= 11 is 0. The van der Waals surface area contributed by atoms with Gasteiger partial charge in [-0.1, -0.05) is 51.1 Å². The van der Waals surface area contributed by atoms with Crippen LogP contribution in [0.1, 0.15) is 39.2 Å². The Morgan fingerprint density at radius 3 is 2.48 bits per heavy atom. The van der Waals surface area contributed by atoms with Gasteiger partial charge in [0.05, 0.1) is 11.6 Å². The number of aliphatic hydroxyl groups excluding tert-OH is 1. The zero-order valence-corrected chi connectivity index (χ0v) is 14.2. The third-order valence-electron chi connectivity index (χ3n) is 5.16. The van der Waals surface area contributed by atoms with E-state index in [0.29, 0.717) is 19.4 Å². The van der Waals surface area contributed by atoms with Crippen molar-refractivity contribution in [3.05, 3.63) is 35.9 Å². The van der Waals surface area contributed by atoms with E-state index in [1.54, 1.807) is 0 Å². The Morgan fingerprint density at radius 2 is 1.96 bits per heavy atom. The van der Waals surface area contributed by atoms with Crippen molar-refractivity contribution in [2.45, 2.75) is 57.7 Å². The zero-order valence-electron chi connectivity index (χ0n) is 14.2. The van der Waals surface area contributed by atoms with Gasteiger partial charge in [0.25, 0.3) is 0 Å². The molecule has 0 saturated carbocycles. The van der Waals surface area contributed by atoms with E-state index in [9.17, 15) is 15.0 Å². The van der Waals surface area contributed by atoms with Crippen molar-refractivity contribution in [1.29, 1.82) is 0 Å². The molecule has 0 aromatic heterocycles. The first-order chi connectivity index (χ1) is 10.7. The van der Waals surface area contributed by atoms with Crippen LogP contribution in [0, 0.1) is 5.41 Å². The molecule has 2 rings (SSSR count). The summed E-state index contributed by atoms with van der Waals surface area (Å²) in [5, 5.41) is 20.7.